The maximum absolute atomic E-state index is 14.6. The average molecular weight is 609 g/mol. The number of aryl methyl sites for hydroxylation is 1. The van der Waals surface area contributed by atoms with Crippen LogP contribution in [-0.2, 0) is 33.6 Å². The van der Waals surface area contributed by atoms with E-state index in [0.717, 1.165) is 36.8 Å². The minimum atomic E-state index is -4.93. The standard InChI is InChI=1S/C24H19F8N5O3S/c1-12-17(26)8-19(37(12)41(39,40)21-16(25)3-2-6-33-21)20(38)5-4-13-7-18(34-11-15(13)23(27,28)29)14-9-35-22(36-10-14)24(30,31)32/h2-3,6-7,9-12,17,19H,4-5,8H2,1H3/t12-,17+,19-/m0/s1. The van der Waals surface area contributed by atoms with Gasteiger partial charge in [-0.3, -0.25) is 9.78 Å². The second-order valence-corrected chi connectivity index (χ2v) is 10.9. The van der Waals surface area contributed by atoms with Crippen LogP contribution in [0.2, 0.25) is 0 Å². The summed E-state index contributed by atoms with van der Waals surface area (Å²) in [4.78, 5) is 26.5. The van der Waals surface area contributed by atoms with E-state index in [9.17, 15) is 48.3 Å². The van der Waals surface area contributed by atoms with Crippen LogP contribution in [0.3, 0.4) is 0 Å². The Morgan fingerprint density at radius 1 is 1.02 bits per heavy atom. The lowest BCUT2D eigenvalue weighted by molar-refractivity contribution is -0.145. The Kier molecular flexibility index (Phi) is 8.14. The zero-order chi connectivity index (χ0) is 30.3. The predicted octanol–water partition coefficient (Wildman–Crippen LogP) is 4.80. The van der Waals surface area contributed by atoms with E-state index in [-0.39, 0.29) is 11.3 Å². The van der Waals surface area contributed by atoms with Gasteiger partial charge >= 0.3 is 12.4 Å². The van der Waals surface area contributed by atoms with Gasteiger partial charge in [0.2, 0.25) is 10.9 Å². The molecular weight excluding hydrogens is 590 g/mol. The molecule has 8 nitrogen and oxygen atoms in total. The fraction of sp³-hybridized carbons (Fsp3) is 0.375. The lowest BCUT2D eigenvalue weighted by Gasteiger charge is -2.26. The number of alkyl halides is 7. The van der Waals surface area contributed by atoms with E-state index < -0.39 is 93.5 Å². The molecule has 1 saturated heterocycles. The fourth-order valence-corrected chi connectivity index (χ4v) is 6.24. The molecular formula is C24H19F8N5O3S. The summed E-state index contributed by atoms with van der Waals surface area (Å²) in [7, 11) is -4.81. The zero-order valence-electron chi connectivity index (χ0n) is 20.8. The molecule has 0 amide bonds. The van der Waals surface area contributed by atoms with E-state index in [4.69, 9.17) is 0 Å². The van der Waals surface area contributed by atoms with Crippen LogP contribution in [-0.4, -0.2) is 56.7 Å². The first kappa shape index (κ1) is 30.4. The Hall–Kier alpha value is -3.60. The van der Waals surface area contributed by atoms with Gasteiger partial charge in [-0.15, -0.1) is 0 Å². The number of carbonyl (C=O) groups excluding carboxylic acids is 1. The number of Topliss-reactive ketones (excluding diaryl/α,β-unsaturated/α-hetero) is 1. The van der Waals surface area contributed by atoms with Crippen molar-refractivity contribution in [2.75, 3.05) is 0 Å². The van der Waals surface area contributed by atoms with E-state index in [1.54, 1.807) is 0 Å². The van der Waals surface area contributed by atoms with Crippen molar-refractivity contribution in [1.29, 1.82) is 0 Å². The summed E-state index contributed by atoms with van der Waals surface area (Å²) in [6.45, 7) is 1.17. The average Bonchev–Trinajstić information content (AvgIpc) is 3.21. The number of rotatable bonds is 7. The number of aromatic nitrogens is 4. The number of hydrogen-bond acceptors (Lipinski definition) is 7. The number of nitrogens with zero attached hydrogens (tertiary/aromatic N) is 5. The van der Waals surface area contributed by atoms with Crippen LogP contribution >= 0.6 is 0 Å². The molecule has 1 aliphatic heterocycles. The number of sulfonamides is 1. The molecule has 0 aliphatic carbocycles. The van der Waals surface area contributed by atoms with Crippen molar-refractivity contribution in [3.8, 4) is 11.3 Å². The minimum absolute atomic E-state index is 0.140. The minimum Gasteiger partial charge on any atom is -0.298 e. The van der Waals surface area contributed by atoms with E-state index in [2.05, 4.69) is 19.9 Å². The van der Waals surface area contributed by atoms with Crippen molar-refractivity contribution in [3.05, 3.63) is 65.8 Å². The van der Waals surface area contributed by atoms with E-state index in [0.29, 0.717) is 10.5 Å². The van der Waals surface area contributed by atoms with Crippen molar-refractivity contribution >= 4 is 15.8 Å². The molecule has 220 valence electrons. The number of halogens is 8. The van der Waals surface area contributed by atoms with Gasteiger partial charge in [0.1, 0.15) is 6.17 Å². The van der Waals surface area contributed by atoms with Gasteiger partial charge in [-0.2, -0.15) is 30.6 Å². The van der Waals surface area contributed by atoms with Crippen molar-refractivity contribution < 1.29 is 48.3 Å². The van der Waals surface area contributed by atoms with E-state index in [1.807, 2.05) is 0 Å². The first-order chi connectivity index (χ1) is 19.0. The molecule has 3 aromatic rings. The topological polar surface area (TPSA) is 106 Å². The van der Waals surface area contributed by atoms with Gasteiger partial charge in [0.05, 0.1) is 23.3 Å². The molecule has 0 unspecified atom stereocenters. The summed E-state index contributed by atoms with van der Waals surface area (Å²) in [6, 6.07) is -0.208. The number of hydrogen-bond donors (Lipinski definition) is 0. The zero-order valence-corrected chi connectivity index (χ0v) is 21.6. The predicted molar refractivity (Wildman–Crippen MR) is 125 cm³/mol. The summed E-state index contributed by atoms with van der Waals surface area (Å²) in [6.07, 6.45) is -10.6. The van der Waals surface area contributed by atoms with Crippen LogP contribution in [0.5, 0.6) is 0 Å². The highest BCUT2D eigenvalue weighted by molar-refractivity contribution is 7.89. The van der Waals surface area contributed by atoms with Gasteiger partial charge in [0.15, 0.2) is 11.6 Å². The number of ketones is 1. The lowest BCUT2D eigenvalue weighted by Crippen LogP contribution is -2.45. The van der Waals surface area contributed by atoms with Crippen molar-refractivity contribution in [2.45, 2.75) is 61.8 Å². The molecule has 3 aromatic heterocycles. The highest BCUT2D eigenvalue weighted by Gasteiger charge is 2.50. The molecule has 1 aliphatic rings. The Morgan fingerprint density at radius 2 is 1.68 bits per heavy atom. The Balaban J connectivity index is 1.62. The molecule has 0 saturated carbocycles. The normalized spacial score (nSPS) is 20.4. The van der Waals surface area contributed by atoms with Crippen LogP contribution in [0.4, 0.5) is 35.1 Å². The van der Waals surface area contributed by atoms with Crippen LogP contribution in [0.25, 0.3) is 11.3 Å². The van der Waals surface area contributed by atoms with Crippen LogP contribution in [0.1, 0.15) is 36.7 Å². The van der Waals surface area contributed by atoms with Crippen molar-refractivity contribution in [1.82, 2.24) is 24.2 Å². The molecule has 41 heavy (non-hydrogen) atoms. The monoisotopic (exact) mass is 609 g/mol. The quantitative estimate of drug-likeness (QED) is 0.355. The molecule has 0 radical (unpaired) electrons. The highest BCUT2D eigenvalue weighted by atomic mass is 32.2. The number of carbonyl (C=O) groups is 1. The van der Waals surface area contributed by atoms with Crippen LogP contribution in [0.15, 0.2) is 48.0 Å². The van der Waals surface area contributed by atoms with Gasteiger partial charge in [-0.1, -0.05) is 0 Å². The summed E-state index contributed by atoms with van der Waals surface area (Å²) in [5.74, 6) is -3.64. The molecule has 3 atom stereocenters. The smallest absolute Gasteiger partial charge is 0.298 e. The first-order valence-electron chi connectivity index (χ1n) is 11.8. The molecule has 0 bridgehead atoms. The second kappa shape index (κ2) is 11.0. The van der Waals surface area contributed by atoms with Gasteiger partial charge in [-0.25, -0.2) is 32.2 Å². The third-order valence-corrected chi connectivity index (χ3v) is 8.37. The molecule has 0 spiro atoms. The molecule has 17 heteroatoms. The largest absolute Gasteiger partial charge is 0.451 e. The summed E-state index contributed by atoms with van der Waals surface area (Å²) in [5.41, 5.74) is -2.09. The van der Waals surface area contributed by atoms with Crippen LogP contribution in [0, 0.1) is 5.82 Å². The lowest BCUT2D eigenvalue weighted by atomic mass is 9.98. The highest BCUT2D eigenvalue weighted by Crippen LogP contribution is 2.36. The first-order valence-corrected chi connectivity index (χ1v) is 13.2. The molecule has 4 heterocycles. The van der Waals surface area contributed by atoms with Gasteiger partial charge in [-0.05, 0) is 37.1 Å². The van der Waals surface area contributed by atoms with Gasteiger partial charge in [0.25, 0.3) is 10.0 Å². The van der Waals surface area contributed by atoms with Crippen LogP contribution < -0.4 is 0 Å². The summed E-state index contributed by atoms with van der Waals surface area (Å²) in [5, 5.41) is -1.03. The van der Waals surface area contributed by atoms with Gasteiger partial charge < -0.3 is 0 Å². The fourth-order valence-electron chi connectivity index (χ4n) is 4.43. The van der Waals surface area contributed by atoms with E-state index >= 15 is 0 Å². The molecule has 1 fully saturated rings. The third-order valence-electron chi connectivity index (χ3n) is 6.44. The summed E-state index contributed by atoms with van der Waals surface area (Å²) < 4.78 is 135. The molecule has 0 aromatic carbocycles. The van der Waals surface area contributed by atoms with E-state index in [1.165, 1.54) is 6.92 Å². The molecule has 4 rings (SSSR count). The van der Waals surface area contributed by atoms with Crippen molar-refractivity contribution in [3.63, 3.8) is 0 Å². The maximum Gasteiger partial charge on any atom is 0.451 e. The molecule has 0 N–H and O–H groups in total. The SMILES string of the molecule is C[C@H]1[C@H](F)C[C@@H](C(=O)CCc2cc(-c3cnc(C(F)(F)F)nc3)ncc2C(F)(F)F)N1S(=O)(=O)c1ncccc1F. The Bertz CT molecular complexity index is 1550. The third kappa shape index (κ3) is 6.19. The maximum atomic E-state index is 14.6. The van der Waals surface area contributed by atoms with Gasteiger partial charge in [0, 0.05) is 43.2 Å². The Morgan fingerprint density at radius 3 is 2.27 bits per heavy atom. The second-order valence-electron chi connectivity index (χ2n) is 9.12. The Labute approximate surface area is 227 Å². The number of pyridine rings is 2. The summed E-state index contributed by atoms with van der Waals surface area (Å²) >= 11 is 0. The van der Waals surface area contributed by atoms with Crippen molar-refractivity contribution in [2.24, 2.45) is 0 Å².